The van der Waals surface area contributed by atoms with Gasteiger partial charge in [-0.25, -0.2) is 4.79 Å². The molecule has 1 aromatic carbocycles. The van der Waals surface area contributed by atoms with Crippen LogP contribution < -0.4 is 4.74 Å². The Morgan fingerprint density at radius 2 is 2.12 bits per heavy atom. The van der Waals surface area contributed by atoms with Crippen LogP contribution in [-0.2, 0) is 20.4 Å². The van der Waals surface area contributed by atoms with E-state index in [9.17, 15) is 18.0 Å². The van der Waals surface area contributed by atoms with Gasteiger partial charge < -0.3 is 14.2 Å². The lowest BCUT2D eigenvalue weighted by Crippen LogP contribution is -2.34. The Kier molecular flexibility index (Phi) is 6.52. The van der Waals surface area contributed by atoms with E-state index in [1.54, 1.807) is 19.9 Å². The minimum atomic E-state index is -4.47. The van der Waals surface area contributed by atoms with E-state index >= 15 is 0 Å². The van der Waals surface area contributed by atoms with Crippen molar-refractivity contribution in [2.24, 2.45) is 0 Å². The van der Waals surface area contributed by atoms with Gasteiger partial charge in [0.15, 0.2) is 11.2 Å². The Labute approximate surface area is 158 Å². The lowest BCUT2D eigenvalue weighted by atomic mass is 10.2. The summed E-state index contributed by atoms with van der Waals surface area (Å²) < 4.78 is 54.2. The first-order chi connectivity index (χ1) is 12.1. The molecule has 1 aliphatic rings. The van der Waals surface area contributed by atoms with E-state index in [2.05, 4.69) is 0 Å². The first-order valence-electron chi connectivity index (χ1n) is 7.77. The van der Waals surface area contributed by atoms with E-state index in [1.165, 1.54) is 24.9 Å². The molecule has 0 aromatic heterocycles. The molecule has 0 aliphatic carbocycles. The van der Waals surface area contributed by atoms with E-state index < -0.39 is 28.7 Å². The molecular weight excluding hydrogens is 393 g/mol. The van der Waals surface area contributed by atoms with Crippen LogP contribution in [0.2, 0.25) is 5.02 Å². The number of methoxy groups -OCH3 is 1. The Bertz CT molecular complexity index is 708. The number of esters is 1. The zero-order valence-corrected chi connectivity index (χ0v) is 15.9. The lowest BCUT2D eigenvalue weighted by Gasteiger charge is -2.28. The van der Waals surface area contributed by atoms with E-state index in [-0.39, 0.29) is 10.8 Å². The van der Waals surface area contributed by atoms with Gasteiger partial charge >= 0.3 is 12.1 Å². The summed E-state index contributed by atoms with van der Waals surface area (Å²) in [6, 6.07) is 2.89. The zero-order chi connectivity index (χ0) is 19.5. The number of thioether (sulfide) groups is 1. The maximum Gasteiger partial charge on any atom is 0.416 e. The van der Waals surface area contributed by atoms with Crippen molar-refractivity contribution >= 4 is 29.3 Å². The molecule has 0 saturated carbocycles. The molecule has 2 atom stereocenters. The molecule has 26 heavy (non-hydrogen) atoms. The van der Waals surface area contributed by atoms with Crippen LogP contribution in [0, 0.1) is 0 Å². The summed E-state index contributed by atoms with van der Waals surface area (Å²) in [5.74, 6) is -0.350. The molecule has 0 bridgehead atoms. The largest absolute Gasteiger partial charge is 0.467 e. The average Bonchev–Trinajstić information content (AvgIpc) is 2.94. The van der Waals surface area contributed by atoms with Gasteiger partial charge in [0.2, 0.25) is 0 Å². The van der Waals surface area contributed by atoms with E-state index in [1.807, 2.05) is 0 Å². The van der Waals surface area contributed by atoms with E-state index in [0.717, 1.165) is 12.1 Å². The molecule has 0 amide bonds. The van der Waals surface area contributed by atoms with Crippen molar-refractivity contribution in [3.63, 3.8) is 0 Å². The second kappa shape index (κ2) is 8.10. The third-order valence-corrected chi connectivity index (χ3v) is 5.09. The van der Waals surface area contributed by atoms with Crippen LogP contribution in [0.3, 0.4) is 0 Å². The molecule has 9 heteroatoms. The summed E-state index contributed by atoms with van der Waals surface area (Å²) in [6.07, 6.45) is -2.54. The molecule has 4 nitrogen and oxygen atoms in total. The third kappa shape index (κ3) is 5.08. The van der Waals surface area contributed by atoms with E-state index in [4.69, 9.17) is 25.8 Å². The number of rotatable bonds is 6. The van der Waals surface area contributed by atoms with Gasteiger partial charge in [-0.15, -0.1) is 0 Å². The molecule has 1 heterocycles. The van der Waals surface area contributed by atoms with Gasteiger partial charge in [0.1, 0.15) is 10.7 Å². The van der Waals surface area contributed by atoms with Crippen LogP contribution in [0.4, 0.5) is 13.2 Å². The van der Waals surface area contributed by atoms with Gasteiger partial charge in [-0.2, -0.15) is 13.2 Å². The van der Waals surface area contributed by atoms with Gasteiger partial charge in [-0.1, -0.05) is 30.3 Å². The van der Waals surface area contributed by atoms with Gasteiger partial charge in [-0.05, 0) is 37.6 Å². The molecule has 0 radical (unpaired) electrons. The number of alkyl halides is 3. The summed E-state index contributed by atoms with van der Waals surface area (Å²) in [6.45, 7) is 3.60. The van der Waals surface area contributed by atoms with Gasteiger partial charge in [-0.3, -0.25) is 0 Å². The Morgan fingerprint density at radius 3 is 2.65 bits per heavy atom. The molecule has 2 unspecified atom stereocenters. The SMILES string of the molecule is CCC(OC1(C)CC=C(Oc2ccc(C(F)(F)F)cc2Cl)S1)C(=O)OC. The number of ether oxygens (including phenoxy) is 3. The topological polar surface area (TPSA) is 44.8 Å². The fourth-order valence-electron chi connectivity index (χ4n) is 2.30. The van der Waals surface area contributed by atoms with Crippen LogP contribution in [0.1, 0.15) is 32.3 Å². The Morgan fingerprint density at radius 1 is 1.42 bits per heavy atom. The summed E-state index contributed by atoms with van der Waals surface area (Å²) in [5, 5.41) is 0.297. The fourth-order valence-corrected chi connectivity index (χ4v) is 3.57. The molecular formula is C17H18ClF3O4S. The fraction of sp³-hybridized carbons (Fsp3) is 0.471. The van der Waals surface area contributed by atoms with Crippen molar-refractivity contribution in [1.82, 2.24) is 0 Å². The van der Waals surface area contributed by atoms with Crippen LogP contribution in [0.5, 0.6) is 5.75 Å². The van der Waals surface area contributed by atoms with Crippen LogP contribution in [0.15, 0.2) is 29.4 Å². The maximum absolute atomic E-state index is 12.7. The smallest absolute Gasteiger partial charge is 0.416 e. The van der Waals surface area contributed by atoms with Gasteiger partial charge in [0.25, 0.3) is 0 Å². The van der Waals surface area contributed by atoms with Crippen molar-refractivity contribution in [2.75, 3.05) is 7.11 Å². The first-order valence-corrected chi connectivity index (χ1v) is 8.97. The van der Waals surface area contributed by atoms with Gasteiger partial charge in [0, 0.05) is 6.42 Å². The van der Waals surface area contributed by atoms with E-state index in [0.29, 0.717) is 17.9 Å². The molecule has 144 valence electrons. The molecule has 0 saturated heterocycles. The van der Waals surface area contributed by atoms with Crippen molar-refractivity contribution < 1.29 is 32.2 Å². The Hall–Kier alpha value is -1.38. The monoisotopic (exact) mass is 410 g/mol. The summed E-state index contributed by atoms with van der Waals surface area (Å²) in [4.78, 5) is 10.9. The highest BCUT2D eigenvalue weighted by atomic mass is 35.5. The standard InChI is InChI=1S/C17H18ClF3O4S/c1-4-12(15(22)23-3)25-16(2)8-7-14(26-16)24-13-6-5-10(9-11(13)18)17(19,20)21/h5-7,9,12H,4,8H2,1-3H3. The molecule has 1 aliphatic heterocycles. The highest BCUT2D eigenvalue weighted by Crippen LogP contribution is 2.45. The number of carbonyl (C=O) groups is 1. The Balaban J connectivity index is 2.04. The number of benzene rings is 1. The van der Waals surface area contributed by atoms with Crippen LogP contribution >= 0.6 is 23.4 Å². The van der Waals surface area contributed by atoms with Crippen LogP contribution in [-0.4, -0.2) is 24.1 Å². The average molecular weight is 411 g/mol. The third-order valence-electron chi connectivity index (χ3n) is 3.65. The maximum atomic E-state index is 12.7. The number of halogens is 4. The molecule has 0 spiro atoms. The van der Waals surface area contributed by atoms with Crippen molar-refractivity contribution in [3.05, 3.63) is 40.0 Å². The number of carbonyl (C=O) groups excluding carboxylic acids is 1. The zero-order valence-electron chi connectivity index (χ0n) is 14.4. The second-order valence-corrected chi connectivity index (χ2v) is 7.62. The first kappa shape index (κ1) is 20.9. The highest BCUT2D eigenvalue weighted by molar-refractivity contribution is 8.04. The van der Waals surface area contributed by atoms with Crippen molar-refractivity contribution in [2.45, 2.75) is 43.9 Å². The normalized spacial score (nSPS) is 21.3. The number of hydrogen-bond donors (Lipinski definition) is 0. The quantitative estimate of drug-likeness (QED) is 0.587. The summed E-state index contributed by atoms with van der Waals surface area (Å²) >= 11 is 7.12. The lowest BCUT2D eigenvalue weighted by molar-refractivity contribution is -0.159. The predicted molar refractivity (Wildman–Crippen MR) is 93.0 cm³/mol. The predicted octanol–water partition coefficient (Wildman–Crippen LogP) is 5.40. The van der Waals surface area contributed by atoms with Crippen molar-refractivity contribution in [1.29, 1.82) is 0 Å². The summed E-state index contributed by atoms with van der Waals surface area (Å²) in [7, 11) is 1.29. The molecule has 2 rings (SSSR count). The summed E-state index contributed by atoms with van der Waals surface area (Å²) in [5.41, 5.74) is -0.847. The molecule has 0 fully saturated rings. The molecule has 1 aromatic rings. The molecule has 0 N–H and O–H groups in total. The van der Waals surface area contributed by atoms with Crippen LogP contribution in [0.25, 0.3) is 0 Å². The van der Waals surface area contributed by atoms with Crippen molar-refractivity contribution in [3.8, 4) is 5.75 Å². The minimum Gasteiger partial charge on any atom is -0.467 e. The minimum absolute atomic E-state index is 0.114. The van der Waals surface area contributed by atoms with Gasteiger partial charge in [0.05, 0.1) is 17.7 Å². The highest BCUT2D eigenvalue weighted by Gasteiger charge is 2.38. The number of hydrogen-bond acceptors (Lipinski definition) is 5. The second-order valence-electron chi connectivity index (χ2n) is 5.75.